The van der Waals surface area contributed by atoms with E-state index in [1.54, 1.807) is 14.0 Å². The second-order valence-corrected chi connectivity index (χ2v) is 7.02. The molecule has 0 radical (unpaired) electrons. The molecule has 2 unspecified atom stereocenters. The quantitative estimate of drug-likeness (QED) is 0.684. The maximum atomic E-state index is 13.2. The summed E-state index contributed by atoms with van der Waals surface area (Å²) in [7, 11) is 3.69. The van der Waals surface area contributed by atoms with Gasteiger partial charge >= 0.3 is 0 Å². The van der Waals surface area contributed by atoms with E-state index in [0.717, 1.165) is 17.7 Å². The molecule has 0 aliphatic carbocycles. The van der Waals surface area contributed by atoms with E-state index in [-0.39, 0.29) is 6.04 Å². The molecule has 0 amide bonds. The minimum atomic E-state index is -0.763. The number of nitrogens with one attached hydrogen (secondary N) is 2. The Balaban J connectivity index is 2.15. The lowest BCUT2D eigenvalue weighted by Crippen LogP contribution is -2.32. The molecule has 0 bridgehead atoms. The van der Waals surface area contributed by atoms with E-state index in [0.29, 0.717) is 13.0 Å². The van der Waals surface area contributed by atoms with Crippen molar-refractivity contribution in [3.63, 3.8) is 0 Å². The predicted molar refractivity (Wildman–Crippen MR) is 114 cm³/mol. The molecular weight excluding hydrogens is 339 g/mol. The topological polar surface area (TPSA) is 48.8 Å². The van der Waals surface area contributed by atoms with Crippen molar-refractivity contribution in [3.8, 4) is 0 Å². The predicted octanol–water partition coefficient (Wildman–Crippen LogP) is 3.82. The summed E-state index contributed by atoms with van der Waals surface area (Å²) in [4.78, 5) is 8.78. The fourth-order valence-electron chi connectivity index (χ4n) is 3.39. The van der Waals surface area contributed by atoms with Crippen LogP contribution < -0.4 is 10.6 Å². The van der Waals surface area contributed by atoms with Crippen molar-refractivity contribution in [1.29, 1.82) is 0 Å². The lowest BCUT2D eigenvalue weighted by molar-refractivity contribution is 0.341. The Bertz CT molecular complexity index is 737. The van der Waals surface area contributed by atoms with Gasteiger partial charge in [0.1, 0.15) is 0 Å². The number of aliphatic imine (C=N–C) groups is 2. The second-order valence-electron chi connectivity index (χ2n) is 7.02. The van der Waals surface area contributed by atoms with Gasteiger partial charge in [0.15, 0.2) is 0 Å². The van der Waals surface area contributed by atoms with Gasteiger partial charge in [0.2, 0.25) is 0 Å². The van der Waals surface area contributed by atoms with Crippen LogP contribution in [-0.2, 0) is 13.0 Å². The molecule has 146 valence electrons. The summed E-state index contributed by atoms with van der Waals surface area (Å²) in [5, 5.41) is 6.49. The zero-order valence-electron chi connectivity index (χ0n) is 17.0. The lowest BCUT2D eigenvalue weighted by atomic mass is 9.95. The molecule has 2 atom stereocenters. The summed E-state index contributed by atoms with van der Waals surface area (Å²) >= 11 is 0. The number of halogens is 1. The van der Waals surface area contributed by atoms with Crippen molar-refractivity contribution in [2.75, 3.05) is 14.1 Å². The SMILES string of the molecule is CN=CC1=C(C=NCc2cc(C)c(CCC(C)F)c(C)c2)C(NC)C=CN1. The fraction of sp³-hybridized carbons (Fsp3) is 0.455. The minimum Gasteiger partial charge on any atom is -0.360 e. The molecule has 1 aromatic carbocycles. The zero-order chi connectivity index (χ0) is 19.8. The molecule has 1 aliphatic heterocycles. The van der Waals surface area contributed by atoms with E-state index in [1.165, 1.54) is 22.3 Å². The number of alkyl halides is 1. The van der Waals surface area contributed by atoms with Crippen molar-refractivity contribution >= 4 is 12.4 Å². The standard InChI is InChI=1S/C22H31FN4/c1-15-10-18(11-16(2)19(15)7-6-17(3)23)12-26-13-20-21(25-5)8-9-27-22(20)14-24-4/h8-11,13-14,17,21,25,27H,6-7,12H2,1-5H3. The Labute approximate surface area is 162 Å². The lowest BCUT2D eigenvalue weighted by Gasteiger charge is -2.20. The first kappa shape index (κ1) is 21.0. The first-order valence-electron chi connectivity index (χ1n) is 9.46. The van der Waals surface area contributed by atoms with Crippen LogP contribution in [0.4, 0.5) is 4.39 Å². The van der Waals surface area contributed by atoms with Crippen molar-refractivity contribution < 1.29 is 4.39 Å². The third-order valence-corrected chi connectivity index (χ3v) is 4.79. The van der Waals surface area contributed by atoms with Crippen LogP contribution in [0.2, 0.25) is 0 Å². The molecule has 1 aliphatic rings. The van der Waals surface area contributed by atoms with Crippen LogP contribution in [0.5, 0.6) is 0 Å². The smallest absolute Gasteiger partial charge is 0.0976 e. The molecule has 2 N–H and O–H groups in total. The van der Waals surface area contributed by atoms with Crippen molar-refractivity contribution in [3.05, 3.63) is 57.9 Å². The van der Waals surface area contributed by atoms with E-state index in [4.69, 9.17) is 0 Å². The van der Waals surface area contributed by atoms with E-state index < -0.39 is 6.17 Å². The number of allylic oxidation sites excluding steroid dienone is 1. The van der Waals surface area contributed by atoms with Crippen LogP contribution in [-0.4, -0.2) is 38.7 Å². The number of benzene rings is 1. The summed E-state index contributed by atoms with van der Waals surface area (Å²) in [6.45, 7) is 6.43. The van der Waals surface area contributed by atoms with Crippen molar-refractivity contribution in [2.45, 2.75) is 52.4 Å². The van der Waals surface area contributed by atoms with Crippen molar-refractivity contribution in [2.24, 2.45) is 9.98 Å². The Morgan fingerprint density at radius 3 is 2.56 bits per heavy atom. The van der Waals surface area contributed by atoms with Gasteiger partial charge in [0.25, 0.3) is 0 Å². The largest absolute Gasteiger partial charge is 0.360 e. The van der Waals surface area contributed by atoms with Crippen LogP contribution in [0.25, 0.3) is 0 Å². The second kappa shape index (κ2) is 10.2. The molecule has 0 saturated heterocycles. The van der Waals surface area contributed by atoms with Gasteiger partial charge in [-0.3, -0.25) is 9.98 Å². The number of hydrogen-bond acceptors (Lipinski definition) is 4. The van der Waals surface area contributed by atoms with Gasteiger partial charge in [-0.15, -0.1) is 0 Å². The Morgan fingerprint density at radius 1 is 1.26 bits per heavy atom. The zero-order valence-corrected chi connectivity index (χ0v) is 17.0. The van der Waals surface area contributed by atoms with Crippen LogP contribution in [0, 0.1) is 13.8 Å². The van der Waals surface area contributed by atoms with E-state index in [2.05, 4.69) is 52.7 Å². The summed E-state index contributed by atoms with van der Waals surface area (Å²) in [5.74, 6) is 0. The molecule has 2 rings (SSSR count). The molecule has 27 heavy (non-hydrogen) atoms. The van der Waals surface area contributed by atoms with E-state index >= 15 is 0 Å². The Hall–Kier alpha value is -2.27. The molecule has 0 fully saturated rings. The Kier molecular flexibility index (Phi) is 7.92. The first-order chi connectivity index (χ1) is 13.0. The molecule has 1 aromatic rings. The maximum Gasteiger partial charge on any atom is 0.0976 e. The number of rotatable bonds is 8. The van der Waals surface area contributed by atoms with Crippen LogP contribution >= 0.6 is 0 Å². The number of likely N-dealkylation sites (N-methyl/N-ethyl adjacent to an activating group) is 1. The highest BCUT2D eigenvalue weighted by Crippen LogP contribution is 2.20. The minimum absolute atomic E-state index is 0.108. The first-order valence-corrected chi connectivity index (χ1v) is 9.46. The molecule has 0 saturated carbocycles. The third kappa shape index (κ3) is 5.86. The van der Waals surface area contributed by atoms with Crippen molar-refractivity contribution in [1.82, 2.24) is 10.6 Å². The van der Waals surface area contributed by atoms with Gasteiger partial charge < -0.3 is 10.6 Å². The average Bonchev–Trinajstić information content (AvgIpc) is 2.62. The highest BCUT2D eigenvalue weighted by atomic mass is 19.1. The van der Waals surface area contributed by atoms with Crippen LogP contribution in [0.15, 0.2) is 45.7 Å². The molecular formula is C22H31FN4. The number of aryl methyl sites for hydroxylation is 2. The normalized spacial score (nSPS) is 18.5. The van der Waals surface area contributed by atoms with Gasteiger partial charge in [-0.05, 0) is 75.2 Å². The summed E-state index contributed by atoms with van der Waals surface area (Å²) in [6.07, 6.45) is 8.29. The van der Waals surface area contributed by atoms with E-state index in [1.807, 2.05) is 25.7 Å². The maximum absolute atomic E-state index is 13.2. The summed E-state index contributed by atoms with van der Waals surface area (Å²) < 4.78 is 13.2. The summed E-state index contributed by atoms with van der Waals surface area (Å²) in [5.41, 5.74) is 6.88. The Morgan fingerprint density at radius 2 is 1.96 bits per heavy atom. The molecule has 0 aromatic heterocycles. The van der Waals surface area contributed by atoms with E-state index in [9.17, 15) is 4.39 Å². The molecule has 1 heterocycles. The average molecular weight is 371 g/mol. The van der Waals surface area contributed by atoms with Gasteiger partial charge in [-0.2, -0.15) is 0 Å². The third-order valence-electron chi connectivity index (χ3n) is 4.79. The number of nitrogens with zero attached hydrogens (tertiary/aromatic N) is 2. The fourth-order valence-corrected chi connectivity index (χ4v) is 3.39. The highest BCUT2D eigenvalue weighted by Gasteiger charge is 2.15. The van der Waals surface area contributed by atoms with Gasteiger partial charge in [-0.25, -0.2) is 4.39 Å². The molecule has 0 spiro atoms. The van der Waals surface area contributed by atoms with Crippen LogP contribution in [0.1, 0.15) is 35.6 Å². The van der Waals surface area contributed by atoms with Gasteiger partial charge in [0, 0.05) is 25.0 Å². The number of dihydropyridines is 1. The molecule has 5 heteroatoms. The molecule has 4 nitrogen and oxygen atoms in total. The van der Waals surface area contributed by atoms with Gasteiger partial charge in [-0.1, -0.05) is 12.1 Å². The van der Waals surface area contributed by atoms with Gasteiger partial charge in [0.05, 0.1) is 24.5 Å². The summed E-state index contributed by atoms with van der Waals surface area (Å²) in [6, 6.07) is 4.44. The van der Waals surface area contributed by atoms with Crippen LogP contribution in [0.3, 0.4) is 0 Å². The highest BCUT2D eigenvalue weighted by molar-refractivity contribution is 5.93. The number of hydrogen-bond donors (Lipinski definition) is 2. The monoisotopic (exact) mass is 370 g/mol.